The number of likely N-dealkylation sites (tertiary alicyclic amines) is 1. The summed E-state index contributed by atoms with van der Waals surface area (Å²) in [5.41, 5.74) is 2.23. The summed E-state index contributed by atoms with van der Waals surface area (Å²) >= 11 is 5.92. The smallest absolute Gasteiger partial charge is 0.223 e. The van der Waals surface area contributed by atoms with Gasteiger partial charge in [0.1, 0.15) is 0 Å². The van der Waals surface area contributed by atoms with E-state index in [4.69, 9.17) is 21.1 Å². The molecule has 0 aliphatic carbocycles. The molecule has 0 spiro atoms. The van der Waals surface area contributed by atoms with Gasteiger partial charge in [0.05, 0.1) is 20.3 Å². The zero-order valence-electron chi connectivity index (χ0n) is 15.2. The normalized spacial score (nSPS) is 16.6. The fourth-order valence-electron chi connectivity index (χ4n) is 3.52. The standard InChI is InChI=1S/C21H24ClNO3/c1-25-19-11-8-16(14-20(19)26-2)18-4-3-13-23(18)21(24)12-7-15-5-9-17(22)10-6-15/h5-6,8-11,14,18H,3-4,7,12-13H2,1-2H3/t18-/m1/s1. The zero-order chi connectivity index (χ0) is 18.5. The summed E-state index contributed by atoms with van der Waals surface area (Å²) in [6.45, 7) is 0.804. The molecule has 0 N–H and O–H groups in total. The quantitative estimate of drug-likeness (QED) is 0.739. The van der Waals surface area contributed by atoms with Crippen LogP contribution in [0.5, 0.6) is 11.5 Å². The van der Waals surface area contributed by atoms with Crippen molar-refractivity contribution >= 4 is 17.5 Å². The van der Waals surface area contributed by atoms with Crippen molar-refractivity contribution in [3.8, 4) is 11.5 Å². The third-order valence-corrected chi connectivity index (χ3v) is 5.16. The number of ether oxygens (including phenoxy) is 2. The summed E-state index contributed by atoms with van der Waals surface area (Å²) in [6, 6.07) is 13.7. The van der Waals surface area contributed by atoms with Crippen LogP contribution in [0.15, 0.2) is 42.5 Å². The Hall–Kier alpha value is -2.20. The molecule has 2 aromatic rings. The molecular formula is C21H24ClNO3. The lowest BCUT2D eigenvalue weighted by Crippen LogP contribution is -2.30. The molecule has 0 bridgehead atoms. The number of halogens is 1. The van der Waals surface area contributed by atoms with Gasteiger partial charge in [-0.25, -0.2) is 0 Å². The molecule has 1 aliphatic heterocycles. The Morgan fingerprint density at radius 3 is 2.54 bits per heavy atom. The molecule has 0 aromatic heterocycles. The molecule has 1 atom stereocenters. The lowest BCUT2D eigenvalue weighted by molar-refractivity contribution is -0.132. The van der Waals surface area contributed by atoms with Crippen LogP contribution in [0.3, 0.4) is 0 Å². The number of amides is 1. The molecule has 1 heterocycles. The second-order valence-corrected chi connectivity index (χ2v) is 6.92. The monoisotopic (exact) mass is 373 g/mol. The molecule has 5 heteroatoms. The highest BCUT2D eigenvalue weighted by Crippen LogP contribution is 2.37. The SMILES string of the molecule is COc1ccc([C@H]2CCCN2C(=O)CCc2ccc(Cl)cc2)cc1OC. The Labute approximate surface area is 159 Å². The second kappa shape index (κ2) is 8.45. The third-order valence-electron chi connectivity index (χ3n) is 4.91. The highest BCUT2D eigenvalue weighted by Gasteiger charge is 2.30. The van der Waals surface area contributed by atoms with Crippen LogP contribution in [0.4, 0.5) is 0 Å². The van der Waals surface area contributed by atoms with E-state index in [9.17, 15) is 4.79 Å². The van der Waals surface area contributed by atoms with Crippen molar-refractivity contribution in [1.29, 1.82) is 0 Å². The van der Waals surface area contributed by atoms with E-state index >= 15 is 0 Å². The molecule has 4 nitrogen and oxygen atoms in total. The number of carbonyl (C=O) groups excluding carboxylic acids is 1. The average Bonchev–Trinajstić information content (AvgIpc) is 3.16. The molecule has 2 aromatic carbocycles. The van der Waals surface area contributed by atoms with Crippen LogP contribution >= 0.6 is 11.6 Å². The van der Waals surface area contributed by atoms with Gasteiger partial charge in [0, 0.05) is 18.0 Å². The number of benzene rings is 2. The minimum Gasteiger partial charge on any atom is -0.493 e. The Balaban J connectivity index is 1.69. The highest BCUT2D eigenvalue weighted by atomic mass is 35.5. The topological polar surface area (TPSA) is 38.8 Å². The first-order chi connectivity index (χ1) is 12.6. The Kier molecular flexibility index (Phi) is 6.04. The molecule has 1 saturated heterocycles. The van der Waals surface area contributed by atoms with Crippen molar-refractivity contribution in [3.63, 3.8) is 0 Å². The molecular weight excluding hydrogens is 350 g/mol. The number of nitrogens with zero attached hydrogens (tertiary/aromatic N) is 1. The van der Waals surface area contributed by atoms with Crippen molar-refractivity contribution in [2.24, 2.45) is 0 Å². The van der Waals surface area contributed by atoms with E-state index in [0.29, 0.717) is 22.9 Å². The molecule has 3 rings (SSSR count). The van der Waals surface area contributed by atoms with Gasteiger partial charge < -0.3 is 14.4 Å². The molecule has 1 aliphatic rings. The molecule has 0 saturated carbocycles. The van der Waals surface area contributed by atoms with E-state index in [1.54, 1.807) is 14.2 Å². The largest absolute Gasteiger partial charge is 0.493 e. The number of carbonyl (C=O) groups is 1. The van der Waals surface area contributed by atoms with Crippen LogP contribution in [-0.2, 0) is 11.2 Å². The maximum Gasteiger partial charge on any atom is 0.223 e. The van der Waals surface area contributed by atoms with Gasteiger partial charge in [-0.15, -0.1) is 0 Å². The van der Waals surface area contributed by atoms with E-state index in [1.807, 2.05) is 47.4 Å². The minimum absolute atomic E-state index is 0.104. The van der Waals surface area contributed by atoms with Gasteiger partial charge in [-0.3, -0.25) is 4.79 Å². The van der Waals surface area contributed by atoms with Gasteiger partial charge in [0.15, 0.2) is 11.5 Å². The Bertz CT molecular complexity index is 760. The van der Waals surface area contributed by atoms with Crippen LogP contribution in [0, 0.1) is 0 Å². The van der Waals surface area contributed by atoms with E-state index in [2.05, 4.69) is 0 Å². The van der Waals surface area contributed by atoms with Crippen LogP contribution in [0.2, 0.25) is 5.02 Å². The maximum atomic E-state index is 12.8. The lowest BCUT2D eigenvalue weighted by atomic mass is 10.0. The number of hydrogen-bond donors (Lipinski definition) is 0. The van der Waals surface area contributed by atoms with Gasteiger partial charge in [-0.05, 0) is 54.7 Å². The number of methoxy groups -OCH3 is 2. The Morgan fingerprint density at radius 2 is 1.85 bits per heavy atom. The second-order valence-electron chi connectivity index (χ2n) is 6.49. The first-order valence-electron chi connectivity index (χ1n) is 8.88. The first kappa shape index (κ1) is 18.6. The van der Waals surface area contributed by atoms with Crippen molar-refractivity contribution in [1.82, 2.24) is 4.90 Å². The van der Waals surface area contributed by atoms with Crippen LogP contribution < -0.4 is 9.47 Å². The fraction of sp³-hybridized carbons (Fsp3) is 0.381. The zero-order valence-corrected chi connectivity index (χ0v) is 16.0. The van der Waals surface area contributed by atoms with Gasteiger partial charge in [-0.1, -0.05) is 29.8 Å². The van der Waals surface area contributed by atoms with Crippen molar-refractivity contribution < 1.29 is 14.3 Å². The number of rotatable bonds is 6. The molecule has 0 unspecified atom stereocenters. The Morgan fingerprint density at radius 1 is 1.12 bits per heavy atom. The van der Waals surface area contributed by atoms with Crippen molar-refractivity contribution in [3.05, 3.63) is 58.6 Å². The van der Waals surface area contributed by atoms with Crippen molar-refractivity contribution in [2.75, 3.05) is 20.8 Å². The van der Waals surface area contributed by atoms with Crippen LogP contribution in [0.25, 0.3) is 0 Å². The lowest BCUT2D eigenvalue weighted by Gasteiger charge is -2.26. The minimum atomic E-state index is 0.104. The molecule has 0 radical (unpaired) electrons. The summed E-state index contributed by atoms with van der Waals surface area (Å²) in [5.74, 6) is 1.59. The van der Waals surface area contributed by atoms with E-state index in [-0.39, 0.29) is 11.9 Å². The summed E-state index contributed by atoms with van der Waals surface area (Å²) in [4.78, 5) is 14.8. The van der Waals surface area contributed by atoms with Gasteiger partial charge in [0.25, 0.3) is 0 Å². The first-order valence-corrected chi connectivity index (χ1v) is 9.26. The predicted octanol–water partition coefficient (Wildman–Crippen LogP) is 4.65. The molecule has 26 heavy (non-hydrogen) atoms. The van der Waals surface area contributed by atoms with Crippen LogP contribution in [0.1, 0.15) is 36.4 Å². The molecule has 1 amide bonds. The highest BCUT2D eigenvalue weighted by molar-refractivity contribution is 6.30. The fourth-order valence-corrected chi connectivity index (χ4v) is 3.64. The average molecular weight is 374 g/mol. The maximum absolute atomic E-state index is 12.8. The van der Waals surface area contributed by atoms with Gasteiger partial charge in [0.2, 0.25) is 5.91 Å². The van der Waals surface area contributed by atoms with E-state index < -0.39 is 0 Å². The third kappa shape index (κ3) is 4.13. The number of aryl methyl sites for hydroxylation is 1. The summed E-state index contributed by atoms with van der Waals surface area (Å²) in [7, 11) is 3.25. The predicted molar refractivity (Wildman–Crippen MR) is 103 cm³/mol. The van der Waals surface area contributed by atoms with Gasteiger partial charge in [-0.2, -0.15) is 0 Å². The van der Waals surface area contributed by atoms with Crippen LogP contribution in [-0.4, -0.2) is 31.6 Å². The van der Waals surface area contributed by atoms with Crippen molar-refractivity contribution in [2.45, 2.75) is 31.7 Å². The summed E-state index contributed by atoms with van der Waals surface area (Å²) in [5, 5.41) is 0.716. The summed E-state index contributed by atoms with van der Waals surface area (Å²) in [6.07, 6.45) is 3.23. The van der Waals surface area contributed by atoms with Gasteiger partial charge >= 0.3 is 0 Å². The van der Waals surface area contributed by atoms with E-state index in [1.165, 1.54) is 0 Å². The molecule has 138 valence electrons. The number of hydrogen-bond acceptors (Lipinski definition) is 3. The van der Waals surface area contributed by atoms with E-state index in [0.717, 1.165) is 36.9 Å². The molecule has 1 fully saturated rings. The summed E-state index contributed by atoms with van der Waals surface area (Å²) < 4.78 is 10.7.